The van der Waals surface area contributed by atoms with Gasteiger partial charge in [-0.3, -0.25) is 4.90 Å². The maximum absolute atomic E-state index is 3.77. The van der Waals surface area contributed by atoms with Gasteiger partial charge in [-0.1, -0.05) is 40.0 Å². The Balaban J connectivity index is 2.03. The smallest absolute Gasteiger partial charge is 0.0254 e. The predicted molar refractivity (Wildman–Crippen MR) is 83.5 cm³/mol. The van der Waals surface area contributed by atoms with Crippen LogP contribution >= 0.6 is 0 Å². The molecule has 0 aromatic heterocycles. The highest BCUT2D eigenvalue weighted by atomic mass is 15.2. The van der Waals surface area contributed by atoms with Crippen molar-refractivity contribution in [2.75, 3.05) is 13.1 Å². The first-order valence-electron chi connectivity index (χ1n) is 8.75. The maximum atomic E-state index is 3.77. The Labute approximate surface area is 120 Å². The van der Waals surface area contributed by atoms with Gasteiger partial charge in [-0.05, 0) is 51.1 Å². The van der Waals surface area contributed by atoms with Gasteiger partial charge in [0, 0.05) is 18.1 Å². The summed E-state index contributed by atoms with van der Waals surface area (Å²) in [5.41, 5.74) is 0. The van der Waals surface area contributed by atoms with E-state index >= 15 is 0 Å². The van der Waals surface area contributed by atoms with Crippen LogP contribution in [-0.4, -0.2) is 36.1 Å². The Morgan fingerprint density at radius 2 is 1.74 bits per heavy atom. The Hall–Kier alpha value is -0.0800. The Kier molecular flexibility index (Phi) is 6.15. The van der Waals surface area contributed by atoms with Gasteiger partial charge in [-0.25, -0.2) is 0 Å². The van der Waals surface area contributed by atoms with Gasteiger partial charge in [0.1, 0.15) is 0 Å². The molecule has 2 saturated carbocycles. The maximum Gasteiger partial charge on any atom is 0.0254 e. The molecule has 0 amide bonds. The third kappa shape index (κ3) is 3.95. The van der Waals surface area contributed by atoms with Crippen LogP contribution in [0.2, 0.25) is 0 Å². The van der Waals surface area contributed by atoms with Gasteiger partial charge in [-0.2, -0.15) is 0 Å². The second-order valence-electron chi connectivity index (χ2n) is 6.77. The highest BCUT2D eigenvalue weighted by Gasteiger charge is 2.35. The fourth-order valence-electron chi connectivity index (χ4n) is 4.39. The second kappa shape index (κ2) is 7.64. The molecule has 0 bridgehead atoms. The zero-order valence-electron chi connectivity index (χ0n) is 13.3. The number of rotatable bonds is 5. The summed E-state index contributed by atoms with van der Waals surface area (Å²) in [6.45, 7) is 9.44. The van der Waals surface area contributed by atoms with Crippen LogP contribution in [0.5, 0.6) is 0 Å². The molecule has 0 aromatic rings. The number of hydrogen-bond donors (Lipinski definition) is 1. The second-order valence-corrected chi connectivity index (χ2v) is 6.77. The van der Waals surface area contributed by atoms with Crippen molar-refractivity contribution < 1.29 is 0 Å². The zero-order chi connectivity index (χ0) is 13.7. The molecule has 2 rings (SSSR count). The molecule has 2 fully saturated rings. The molecule has 19 heavy (non-hydrogen) atoms. The number of nitrogens with zero attached hydrogens (tertiary/aromatic N) is 1. The number of likely N-dealkylation sites (N-methyl/N-ethyl adjacent to an activating group) is 2. The molecule has 0 heterocycles. The first-order valence-corrected chi connectivity index (χ1v) is 8.75. The largest absolute Gasteiger partial charge is 0.313 e. The van der Waals surface area contributed by atoms with Gasteiger partial charge in [0.15, 0.2) is 0 Å². The molecule has 3 atom stereocenters. The summed E-state index contributed by atoms with van der Waals surface area (Å²) in [5.74, 6) is 0.914. The van der Waals surface area contributed by atoms with Crippen molar-refractivity contribution in [3.8, 4) is 0 Å². The average Bonchev–Trinajstić information content (AvgIpc) is 2.44. The van der Waals surface area contributed by atoms with Crippen LogP contribution in [0.3, 0.4) is 0 Å². The fraction of sp³-hybridized carbons (Fsp3) is 1.00. The summed E-state index contributed by atoms with van der Waals surface area (Å²) >= 11 is 0. The van der Waals surface area contributed by atoms with Crippen LogP contribution < -0.4 is 5.32 Å². The van der Waals surface area contributed by atoms with Crippen LogP contribution in [0.1, 0.15) is 72.1 Å². The predicted octanol–water partition coefficient (Wildman–Crippen LogP) is 3.81. The molecule has 0 radical (unpaired) electrons. The van der Waals surface area contributed by atoms with Gasteiger partial charge >= 0.3 is 0 Å². The molecule has 0 aliphatic heterocycles. The van der Waals surface area contributed by atoms with Crippen molar-refractivity contribution in [1.82, 2.24) is 10.2 Å². The fourth-order valence-corrected chi connectivity index (χ4v) is 4.39. The van der Waals surface area contributed by atoms with E-state index in [1.165, 1.54) is 57.9 Å². The van der Waals surface area contributed by atoms with Gasteiger partial charge in [0.2, 0.25) is 0 Å². The Bertz CT molecular complexity index is 248. The van der Waals surface area contributed by atoms with Gasteiger partial charge in [0.05, 0.1) is 0 Å². The summed E-state index contributed by atoms with van der Waals surface area (Å²) in [5, 5.41) is 3.77. The van der Waals surface area contributed by atoms with E-state index in [-0.39, 0.29) is 0 Å². The lowest BCUT2D eigenvalue weighted by atomic mass is 9.80. The van der Waals surface area contributed by atoms with Gasteiger partial charge in [0.25, 0.3) is 0 Å². The molecule has 0 spiro atoms. The van der Waals surface area contributed by atoms with E-state index in [0.717, 1.165) is 30.6 Å². The molecular weight excluding hydrogens is 232 g/mol. The minimum atomic E-state index is 0.739. The van der Waals surface area contributed by atoms with Crippen molar-refractivity contribution in [3.05, 3.63) is 0 Å². The zero-order valence-corrected chi connectivity index (χ0v) is 13.3. The summed E-state index contributed by atoms with van der Waals surface area (Å²) in [6.07, 6.45) is 11.5. The van der Waals surface area contributed by atoms with E-state index in [9.17, 15) is 0 Å². The van der Waals surface area contributed by atoms with Crippen molar-refractivity contribution in [1.29, 1.82) is 0 Å². The molecule has 2 nitrogen and oxygen atoms in total. The molecule has 1 N–H and O–H groups in total. The van der Waals surface area contributed by atoms with Crippen LogP contribution in [0.25, 0.3) is 0 Å². The van der Waals surface area contributed by atoms with Crippen LogP contribution in [0.4, 0.5) is 0 Å². The van der Waals surface area contributed by atoms with E-state index in [4.69, 9.17) is 0 Å². The highest BCUT2D eigenvalue weighted by Crippen LogP contribution is 2.32. The molecule has 2 aliphatic rings. The first kappa shape index (κ1) is 15.3. The molecule has 3 unspecified atom stereocenters. The van der Waals surface area contributed by atoms with E-state index in [1.54, 1.807) is 0 Å². The van der Waals surface area contributed by atoms with E-state index in [0.29, 0.717) is 0 Å². The summed E-state index contributed by atoms with van der Waals surface area (Å²) < 4.78 is 0. The van der Waals surface area contributed by atoms with Gasteiger partial charge in [-0.15, -0.1) is 0 Å². The number of nitrogens with one attached hydrogen (secondary N) is 1. The third-order valence-electron chi connectivity index (χ3n) is 5.38. The average molecular weight is 266 g/mol. The molecule has 2 heteroatoms. The minimum absolute atomic E-state index is 0.739. The lowest BCUT2D eigenvalue weighted by molar-refractivity contribution is 0.0518. The van der Waals surface area contributed by atoms with Crippen LogP contribution in [0.15, 0.2) is 0 Å². The molecule has 112 valence electrons. The molecule has 0 aromatic carbocycles. The lowest BCUT2D eigenvalue weighted by Gasteiger charge is -2.46. The van der Waals surface area contributed by atoms with Crippen molar-refractivity contribution in [2.45, 2.75) is 90.3 Å². The van der Waals surface area contributed by atoms with Gasteiger partial charge < -0.3 is 5.32 Å². The summed E-state index contributed by atoms with van der Waals surface area (Å²) in [6, 6.07) is 2.40. The standard InChI is InChI=1S/C17H34N2/c1-4-18-16-12-11-14(3)13-17(16)19(5-2)15-9-7-6-8-10-15/h14-18H,4-13H2,1-3H3. The van der Waals surface area contributed by atoms with E-state index < -0.39 is 0 Å². The Morgan fingerprint density at radius 1 is 1.00 bits per heavy atom. The topological polar surface area (TPSA) is 15.3 Å². The minimum Gasteiger partial charge on any atom is -0.313 e. The monoisotopic (exact) mass is 266 g/mol. The molecule has 2 aliphatic carbocycles. The SMILES string of the molecule is CCNC1CCC(C)CC1N(CC)C1CCCCC1. The van der Waals surface area contributed by atoms with E-state index in [1.807, 2.05) is 0 Å². The van der Waals surface area contributed by atoms with E-state index in [2.05, 4.69) is 31.0 Å². The normalized spacial score (nSPS) is 33.8. The van der Waals surface area contributed by atoms with Crippen molar-refractivity contribution >= 4 is 0 Å². The highest BCUT2D eigenvalue weighted by molar-refractivity contribution is 4.92. The Morgan fingerprint density at radius 3 is 2.37 bits per heavy atom. The number of hydrogen-bond acceptors (Lipinski definition) is 2. The quantitative estimate of drug-likeness (QED) is 0.814. The molecular formula is C17H34N2. The van der Waals surface area contributed by atoms with Crippen LogP contribution in [-0.2, 0) is 0 Å². The summed E-state index contributed by atoms with van der Waals surface area (Å²) in [7, 11) is 0. The van der Waals surface area contributed by atoms with Crippen molar-refractivity contribution in [2.24, 2.45) is 5.92 Å². The lowest BCUT2D eigenvalue weighted by Crippen LogP contribution is -2.56. The van der Waals surface area contributed by atoms with Crippen molar-refractivity contribution in [3.63, 3.8) is 0 Å². The first-order chi connectivity index (χ1) is 9.26. The summed E-state index contributed by atoms with van der Waals surface area (Å²) in [4.78, 5) is 2.86. The third-order valence-corrected chi connectivity index (χ3v) is 5.38. The van der Waals surface area contributed by atoms with Crippen LogP contribution in [0, 0.1) is 5.92 Å². The molecule has 0 saturated heterocycles.